The average molecular weight is 228 g/mol. The van der Waals surface area contributed by atoms with E-state index in [1.54, 1.807) is 5.10 Å². The van der Waals surface area contributed by atoms with Crippen molar-refractivity contribution in [3.63, 3.8) is 0 Å². The summed E-state index contributed by atoms with van der Waals surface area (Å²) in [6.07, 6.45) is -5.15. The van der Waals surface area contributed by atoms with Gasteiger partial charge in [0, 0.05) is 6.92 Å². The summed E-state index contributed by atoms with van der Waals surface area (Å²) in [5.41, 5.74) is -4.06. The van der Waals surface area contributed by atoms with Gasteiger partial charge in [0.25, 0.3) is 5.92 Å². The van der Waals surface area contributed by atoms with Crippen molar-refractivity contribution in [2.75, 3.05) is 0 Å². The molecule has 0 spiro atoms. The zero-order valence-electron chi connectivity index (χ0n) is 7.32. The van der Waals surface area contributed by atoms with Gasteiger partial charge in [-0.1, -0.05) is 0 Å². The minimum atomic E-state index is -5.02. The highest BCUT2D eigenvalue weighted by Gasteiger charge is 2.45. The van der Waals surface area contributed by atoms with Crippen molar-refractivity contribution < 1.29 is 26.7 Å². The maximum Gasteiger partial charge on any atom is 0.435 e. The third-order valence-corrected chi connectivity index (χ3v) is 1.62. The highest BCUT2D eigenvalue weighted by Crippen LogP contribution is 2.39. The van der Waals surface area contributed by atoms with Crippen LogP contribution in [0.25, 0.3) is 0 Å². The number of H-pyrrole nitrogens is 1. The Balaban J connectivity index is 3.44. The predicted molar refractivity (Wildman–Crippen MR) is 38.5 cm³/mol. The van der Waals surface area contributed by atoms with Gasteiger partial charge >= 0.3 is 6.18 Å². The topological polar surface area (TPSA) is 45.8 Å². The standard InChI is InChI=1S/C7H5F5N2O/c1-6(8,9)4-3(2-15)13-14-5(4)7(10,11)12/h2H,1H3,(H,13,14). The van der Waals surface area contributed by atoms with Crippen molar-refractivity contribution in [2.45, 2.75) is 19.0 Å². The van der Waals surface area contributed by atoms with E-state index in [0.717, 1.165) is 0 Å². The van der Waals surface area contributed by atoms with Gasteiger partial charge in [0.2, 0.25) is 0 Å². The third kappa shape index (κ3) is 2.13. The number of nitrogens with one attached hydrogen (secondary N) is 1. The molecule has 3 nitrogen and oxygen atoms in total. The van der Waals surface area contributed by atoms with Gasteiger partial charge < -0.3 is 0 Å². The fourth-order valence-corrected chi connectivity index (χ4v) is 1.09. The average Bonchev–Trinajstić information content (AvgIpc) is 2.44. The molecule has 0 aliphatic rings. The van der Waals surface area contributed by atoms with Gasteiger partial charge in [0.1, 0.15) is 5.69 Å². The number of alkyl halides is 5. The molecule has 1 heterocycles. The maximum absolute atomic E-state index is 12.8. The molecular weight excluding hydrogens is 223 g/mol. The number of carbonyl (C=O) groups excluding carboxylic acids is 1. The van der Waals surface area contributed by atoms with Gasteiger partial charge in [-0.2, -0.15) is 18.3 Å². The van der Waals surface area contributed by atoms with E-state index in [1.807, 2.05) is 0 Å². The summed E-state index contributed by atoms with van der Waals surface area (Å²) in [7, 11) is 0. The van der Waals surface area contributed by atoms with E-state index in [-0.39, 0.29) is 13.2 Å². The molecule has 1 aromatic rings. The zero-order valence-corrected chi connectivity index (χ0v) is 7.32. The maximum atomic E-state index is 12.8. The zero-order chi connectivity index (χ0) is 11.9. The smallest absolute Gasteiger partial charge is 0.296 e. The molecule has 84 valence electrons. The number of hydrogen-bond acceptors (Lipinski definition) is 2. The van der Waals surface area contributed by atoms with Crippen LogP contribution in [-0.2, 0) is 12.1 Å². The van der Waals surface area contributed by atoms with E-state index in [4.69, 9.17) is 0 Å². The highest BCUT2D eigenvalue weighted by atomic mass is 19.4. The number of hydrogen-bond donors (Lipinski definition) is 1. The second-order valence-corrected chi connectivity index (χ2v) is 2.86. The monoisotopic (exact) mass is 228 g/mol. The lowest BCUT2D eigenvalue weighted by molar-refractivity contribution is -0.145. The molecule has 0 amide bonds. The second kappa shape index (κ2) is 3.28. The molecule has 0 radical (unpaired) electrons. The number of halogens is 5. The first kappa shape index (κ1) is 11.6. The number of aldehydes is 1. The van der Waals surface area contributed by atoms with Gasteiger partial charge in [-0.05, 0) is 0 Å². The van der Waals surface area contributed by atoms with Crippen molar-refractivity contribution in [1.82, 2.24) is 10.2 Å². The summed E-state index contributed by atoms with van der Waals surface area (Å²) in [5.74, 6) is -3.78. The molecule has 0 fully saturated rings. The Hall–Kier alpha value is -1.47. The molecule has 0 unspecified atom stereocenters. The number of nitrogens with zero attached hydrogens (tertiary/aromatic N) is 1. The van der Waals surface area contributed by atoms with Crippen LogP contribution in [0.3, 0.4) is 0 Å². The molecule has 0 aromatic carbocycles. The van der Waals surface area contributed by atoms with E-state index in [9.17, 15) is 26.7 Å². The van der Waals surface area contributed by atoms with Crippen molar-refractivity contribution in [1.29, 1.82) is 0 Å². The summed E-state index contributed by atoms with van der Waals surface area (Å²) in [6, 6.07) is 0. The van der Waals surface area contributed by atoms with E-state index in [2.05, 4.69) is 5.10 Å². The van der Waals surface area contributed by atoms with Crippen LogP contribution in [0.5, 0.6) is 0 Å². The van der Waals surface area contributed by atoms with E-state index >= 15 is 0 Å². The summed E-state index contributed by atoms with van der Waals surface area (Å²) in [4.78, 5) is 10.2. The number of carbonyl (C=O) groups is 1. The lowest BCUT2D eigenvalue weighted by Gasteiger charge is -2.12. The van der Waals surface area contributed by atoms with Crippen molar-refractivity contribution in [3.05, 3.63) is 17.0 Å². The van der Waals surface area contributed by atoms with Crippen LogP contribution < -0.4 is 0 Å². The van der Waals surface area contributed by atoms with Crippen molar-refractivity contribution in [2.24, 2.45) is 0 Å². The Kier molecular flexibility index (Phi) is 2.54. The summed E-state index contributed by atoms with van der Waals surface area (Å²) >= 11 is 0. The second-order valence-electron chi connectivity index (χ2n) is 2.86. The predicted octanol–water partition coefficient (Wildman–Crippen LogP) is 2.35. The molecule has 1 N–H and O–H groups in total. The summed E-state index contributed by atoms with van der Waals surface area (Å²) in [5, 5.41) is 4.28. The molecule has 1 rings (SSSR count). The Morgan fingerprint density at radius 3 is 2.13 bits per heavy atom. The van der Waals surface area contributed by atoms with E-state index in [1.165, 1.54) is 0 Å². The Morgan fingerprint density at radius 1 is 1.27 bits per heavy atom. The van der Waals surface area contributed by atoms with Gasteiger partial charge in [0.05, 0.1) is 5.56 Å². The number of aromatic nitrogens is 2. The quantitative estimate of drug-likeness (QED) is 0.623. The molecule has 0 aliphatic heterocycles. The highest BCUT2D eigenvalue weighted by molar-refractivity contribution is 5.75. The van der Waals surface area contributed by atoms with Crippen LogP contribution in [0, 0.1) is 0 Å². The van der Waals surface area contributed by atoms with Crippen molar-refractivity contribution >= 4 is 6.29 Å². The lowest BCUT2D eigenvalue weighted by Crippen LogP contribution is -2.17. The van der Waals surface area contributed by atoms with Gasteiger partial charge in [0.15, 0.2) is 12.0 Å². The minimum Gasteiger partial charge on any atom is -0.296 e. The minimum absolute atomic E-state index is 0.130. The Bertz CT molecular complexity index is 376. The summed E-state index contributed by atoms with van der Waals surface area (Å²) < 4.78 is 62.2. The third-order valence-electron chi connectivity index (χ3n) is 1.62. The summed E-state index contributed by atoms with van der Waals surface area (Å²) in [6.45, 7) is 0.264. The molecule has 1 aromatic heterocycles. The van der Waals surface area contributed by atoms with Gasteiger partial charge in [-0.25, -0.2) is 8.78 Å². The number of rotatable bonds is 2. The first-order chi connectivity index (χ1) is 6.68. The van der Waals surface area contributed by atoms with Gasteiger partial charge in [-0.15, -0.1) is 0 Å². The van der Waals surface area contributed by atoms with Gasteiger partial charge in [-0.3, -0.25) is 9.89 Å². The van der Waals surface area contributed by atoms with E-state index < -0.39 is 29.1 Å². The van der Waals surface area contributed by atoms with Crippen LogP contribution in [0.1, 0.15) is 28.7 Å². The SMILES string of the molecule is CC(F)(F)c1c(C(F)(F)F)n[nH]c1C=O. The van der Waals surface area contributed by atoms with Crippen molar-refractivity contribution in [3.8, 4) is 0 Å². The first-order valence-corrected chi connectivity index (χ1v) is 3.67. The first-order valence-electron chi connectivity index (χ1n) is 3.67. The fraction of sp³-hybridized carbons (Fsp3) is 0.429. The Morgan fingerprint density at radius 2 is 1.80 bits per heavy atom. The molecule has 8 heteroatoms. The molecule has 15 heavy (non-hydrogen) atoms. The normalized spacial score (nSPS) is 12.9. The van der Waals surface area contributed by atoms with Crippen LogP contribution >= 0.6 is 0 Å². The molecule has 0 saturated carbocycles. The van der Waals surface area contributed by atoms with Crippen LogP contribution in [0.15, 0.2) is 0 Å². The molecular formula is C7H5F5N2O. The molecule has 0 aliphatic carbocycles. The fourth-order valence-electron chi connectivity index (χ4n) is 1.09. The Labute approximate surface area is 80.3 Å². The largest absolute Gasteiger partial charge is 0.435 e. The lowest BCUT2D eigenvalue weighted by atomic mass is 10.1. The van der Waals surface area contributed by atoms with E-state index in [0.29, 0.717) is 0 Å². The molecule has 0 saturated heterocycles. The van der Waals surface area contributed by atoms with Crippen LogP contribution in [0.4, 0.5) is 22.0 Å². The van der Waals surface area contributed by atoms with Crippen LogP contribution in [-0.4, -0.2) is 16.5 Å². The molecule has 0 bridgehead atoms. The molecule has 0 atom stereocenters. The van der Waals surface area contributed by atoms with Crippen LogP contribution in [0.2, 0.25) is 0 Å². The number of aromatic amines is 1.